The van der Waals surface area contributed by atoms with Crippen LogP contribution in [0.4, 0.5) is 11.5 Å². The van der Waals surface area contributed by atoms with Crippen molar-refractivity contribution < 1.29 is 4.79 Å². The van der Waals surface area contributed by atoms with Gasteiger partial charge in [-0.3, -0.25) is 4.79 Å². The first-order valence-corrected chi connectivity index (χ1v) is 13.0. The Morgan fingerprint density at radius 3 is 2.48 bits per heavy atom. The van der Waals surface area contributed by atoms with Gasteiger partial charge in [0, 0.05) is 31.4 Å². The first-order chi connectivity index (χ1) is 16.0. The lowest BCUT2D eigenvalue weighted by molar-refractivity contribution is -0.124. The van der Waals surface area contributed by atoms with E-state index >= 15 is 0 Å². The number of nitrogens with zero attached hydrogens (tertiary/aromatic N) is 1. The van der Waals surface area contributed by atoms with Crippen LogP contribution < -0.4 is 16.0 Å². The van der Waals surface area contributed by atoms with Gasteiger partial charge in [0.05, 0.1) is 11.2 Å². The molecule has 0 atom stereocenters. The van der Waals surface area contributed by atoms with Gasteiger partial charge in [-0.25, -0.2) is 4.98 Å². The zero-order valence-corrected chi connectivity index (χ0v) is 20.2. The number of nitrogens with one attached hydrogen (secondary N) is 3. The minimum Gasteiger partial charge on any atom is -0.369 e. The summed E-state index contributed by atoms with van der Waals surface area (Å²) in [6, 6.07) is 10.1. The van der Waals surface area contributed by atoms with Crippen LogP contribution in [-0.4, -0.2) is 24.0 Å². The van der Waals surface area contributed by atoms with E-state index in [4.69, 9.17) is 4.98 Å². The molecule has 4 saturated carbocycles. The molecule has 5 heteroatoms. The maximum Gasteiger partial charge on any atom is 0.224 e. The molecule has 33 heavy (non-hydrogen) atoms. The maximum atomic E-state index is 13.1. The Labute approximate surface area is 198 Å². The molecule has 0 unspecified atom stereocenters. The van der Waals surface area contributed by atoms with E-state index in [1.165, 1.54) is 38.5 Å². The summed E-state index contributed by atoms with van der Waals surface area (Å²) < 4.78 is 0. The molecule has 1 aromatic carbocycles. The quantitative estimate of drug-likeness (QED) is 0.392. The smallest absolute Gasteiger partial charge is 0.224 e. The molecule has 1 heterocycles. The highest BCUT2D eigenvalue weighted by Gasteiger charge is 2.51. The van der Waals surface area contributed by atoms with E-state index in [1.807, 2.05) is 24.3 Å². The number of benzene rings is 1. The van der Waals surface area contributed by atoms with Crippen molar-refractivity contribution in [3.05, 3.63) is 36.9 Å². The zero-order chi connectivity index (χ0) is 22.8. The molecule has 1 radical (unpaired) electrons. The van der Waals surface area contributed by atoms with Crippen LogP contribution in [0.5, 0.6) is 0 Å². The number of pyridine rings is 1. The molecule has 4 aliphatic carbocycles. The Morgan fingerprint density at radius 1 is 1.06 bits per heavy atom. The fraction of sp³-hybridized carbons (Fsp3) is 0.607. The third kappa shape index (κ3) is 5.34. The van der Waals surface area contributed by atoms with Crippen molar-refractivity contribution in [2.24, 2.45) is 29.1 Å². The highest BCUT2D eigenvalue weighted by molar-refractivity contribution is 6.01. The number of hydrogen-bond donors (Lipinski definition) is 3. The summed E-state index contributed by atoms with van der Waals surface area (Å²) in [6.45, 7) is 8.25. The molecule has 4 aliphatic rings. The Morgan fingerprint density at radius 2 is 1.79 bits per heavy atom. The van der Waals surface area contributed by atoms with E-state index in [0.29, 0.717) is 12.3 Å². The van der Waals surface area contributed by atoms with Crippen LogP contribution in [0, 0.1) is 35.6 Å². The Hall–Kier alpha value is -2.14. The molecule has 1 amide bonds. The number of anilines is 2. The van der Waals surface area contributed by atoms with Crippen molar-refractivity contribution in [2.45, 2.75) is 65.2 Å². The number of rotatable bonds is 10. The normalized spacial score (nSPS) is 27.9. The van der Waals surface area contributed by atoms with Crippen LogP contribution in [-0.2, 0) is 4.79 Å². The van der Waals surface area contributed by atoms with Gasteiger partial charge in [-0.1, -0.05) is 19.9 Å². The van der Waals surface area contributed by atoms with Gasteiger partial charge in [-0.2, -0.15) is 0 Å². The second kappa shape index (κ2) is 9.61. The molecule has 5 nitrogen and oxygen atoms in total. The van der Waals surface area contributed by atoms with Gasteiger partial charge >= 0.3 is 0 Å². The van der Waals surface area contributed by atoms with Crippen LogP contribution in [0.15, 0.2) is 30.3 Å². The first kappa shape index (κ1) is 22.6. The van der Waals surface area contributed by atoms with Crippen molar-refractivity contribution in [2.75, 3.05) is 23.7 Å². The van der Waals surface area contributed by atoms with Crippen molar-refractivity contribution in [1.82, 2.24) is 10.3 Å². The Bertz CT molecular complexity index is 950. The number of carbonyl (C=O) groups excluding carboxylic acids is 1. The second-order valence-corrected chi connectivity index (χ2v) is 11.4. The average Bonchev–Trinajstić information content (AvgIpc) is 2.74. The maximum absolute atomic E-state index is 13.1. The fourth-order valence-electron chi connectivity index (χ4n) is 7.09. The van der Waals surface area contributed by atoms with Gasteiger partial charge in [-0.15, -0.1) is 0 Å². The zero-order valence-electron chi connectivity index (χ0n) is 20.2. The van der Waals surface area contributed by atoms with Crippen molar-refractivity contribution in [1.29, 1.82) is 0 Å². The molecular weight excluding hydrogens is 408 g/mol. The monoisotopic (exact) mass is 447 g/mol. The summed E-state index contributed by atoms with van der Waals surface area (Å²) in [4.78, 5) is 17.9. The van der Waals surface area contributed by atoms with Gasteiger partial charge < -0.3 is 16.0 Å². The molecule has 1 aromatic heterocycles. The van der Waals surface area contributed by atoms with Crippen molar-refractivity contribution >= 4 is 28.3 Å². The molecule has 0 spiro atoms. The molecule has 177 valence electrons. The number of fused-ring (bicyclic) bond motifs is 1. The van der Waals surface area contributed by atoms with Crippen LogP contribution in [0.3, 0.4) is 0 Å². The first-order valence-electron chi connectivity index (χ1n) is 13.0. The molecule has 2 aromatic rings. The van der Waals surface area contributed by atoms with Gasteiger partial charge in [-0.05, 0) is 98.3 Å². The molecule has 4 fully saturated rings. The summed E-state index contributed by atoms with van der Waals surface area (Å²) >= 11 is 0. The number of carbonyl (C=O) groups is 1. The molecule has 3 N–H and O–H groups in total. The van der Waals surface area contributed by atoms with Crippen molar-refractivity contribution in [3.63, 3.8) is 0 Å². The number of amides is 1. The molecule has 0 aliphatic heterocycles. The third-order valence-corrected chi connectivity index (χ3v) is 8.02. The predicted octanol–water partition coefficient (Wildman–Crippen LogP) is 5.99. The van der Waals surface area contributed by atoms with Crippen LogP contribution >= 0.6 is 0 Å². The largest absolute Gasteiger partial charge is 0.369 e. The minimum absolute atomic E-state index is 0.176. The molecule has 6 rings (SSSR count). The lowest BCUT2D eigenvalue weighted by atomic mass is 9.49. The molecule has 4 bridgehead atoms. The van der Waals surface area contributed by atoms with Gasteiger partial charge in [0.25, 0.3) is 0 Å². The summed E-state index contributed by atoms with van der Waals surface area (Å²) in [6.07, 6.45) is 9.80. The topological polar surface area (TPSA) is 66.0 Å². The molecule has 0 saturated heterocycles. The Kier molecular flexibility index (Phi) is 6.60. The van der Waals surface area contributed by atoms with Crippen LogP contribution in [0.2, 0.25) is 0 Å². The number of aromatic nitrogens is 1. The van der Waals surface area contributed by atoms with E-state index in [-0.39, 0.29) is 11.3 Å². The highest BCUT2D eigenvalue weighted by Crippen LogP contribution is 2.61. The summed E-state index contributed by atoms with van der Waals surface area (Å²) in [5, 5.41) is 11.0. The van der Waals surface area contributed by atoms with E-state index in [1.54, 1.807) is 0 Å². The Balaban J connectivity index is 1.18. The van der Waals surface area contributed by atoms with Gasteiger partial charge in [0.2, 0.25) is 5.91 Å². The lowest BCUT2D eigenvalue weighted by Crippen LogP contribution is -2.47. The van der Waals surface area contributed by atoms with Gasteiger partial charge in [0.15, 0.2) is 0 Å². The van der Waals surface area contributed by atoms with Crippen molar-refractivity contribution in [3.8, 4) is 0 Å². The lowest BCUT2D eigenvalue weighted by Gasteiger charge is -2.56. The fourth-order valence-corrected chi connectivity index (χ4v) is 7.09. The predicted molar refractivity (Wildman–Crippen MR) is 136 cm³/mol. The van der Waals surface area contributed by atoms with E-state index < -0.39 is 0 Å². The molecular formula is C28H39N4O. The van der Waals surface area contributed by atoms with Gasteiger partial charge in [0.1, 0.15) is 5.82 Å². The SMILES string of the molecule is CC(C)C[CH]NCCNc1ccc2c(NC(=O)CC34CC5CC(CC(C5)C3)C4)cccc2n1. The average molecular weight is 448 g/mol. The van der Waals surface area contributed by atoms with E-state index in [9.17, 15) is 4.79 Å². The van der Waals surface area contributed by atoms with E-state index in [0.717, 1.165) is 59.7 Å². The highest BCUT2D eigenvalue weighted by atomic mass is 16.1. The minimum atomic E-state index is 0.176. The van der Waals surface area contributed by atoms with Crippen LogP contribution in [0.1, 0.15) is 65.2 Å². The van der Waals surface area contributed by atoms with Crippen LogP contribution in [0.25, 0.3) is 10.9 Å². The summed E-state index contributed by atoms with van der Waals surface area (Å²) in [5.41, 5.74) is 2.05. The summed E-state index contributed by atoms with van der Waals surface area (Å²) in [7, 11) is 0. The number of hydrogen-bond acceptors (Lipinski definition) is 4. The summed E-state index contributed by atoms with van der Waals surface area (Å²) in [5.74, 6) is 4.34. The third-order valence-electron chi connectivity index (χ3n) is 8.02. The second-order valence-electron chi connectivity index (χ2n) is 11.4. The standard InChI is InChI=1S/C28H39N4O/c1-19(2)8-9-29-10-11-30-26-7-6-23-24(31-26)4-3-5-25(23)32-27(33)18-28-15-20-12-21(16-28)14-22(13-20)17-28/h3-7,9,19-22,29H,8,10-18H2,1-2H3,(H,30,31)(H,32,33). The van der Waals surface area contributed by atoms with E-state index in [2.05, 4.69) is 42.4 Å².